The number of hydrogen-bond acceptors (Lipinski definition) is 8. The van der Waals surface area contributed by atoms with Crippen molar-refractivity contribution in [3.05, 3.63) is 126 Å². The highest BCUT2D eigenvalue weighted by molar-refractivity contribution is 7.99. The Hall–Kier alpha value is -5.22. The lowest BCUT2D eigenvalue weighted by Gasteiger charge is -2.24. The largest absolute Gasteiger partial charge is 0.468 e. The van der Waals surface area contributed by atoms with Gasteiger partial charge in [-0.1, -0.05) is 66.4 Å². The third-order valence-corrected chi connectivity index (χ3v) is 10.5. The van der Waals surface area contributed by atoms with E-state index in [4.69, 9.17) is 14.4 Å². The Morgan fingerprint density at radius 3 is 2.48 bits per heavy atom. The molecule has 242 valence electrons. The highest BCUT2D eigenvalue weighted by Crippen LogP contribution is 2.49. The summed E-state index contributed by atoms with van der Waals surface area (Å²) in [4.78, 5) is 31.1. The third kappa shape index (κ3) is 6.89. The molecular formula is C36H32N5O5PS. The molecule has 0 saturated carbocycles. The van der Waals surface area contributed by atoms with Crippen molar-refractivity contribution in [1.82, 2.24) is 24.9 Å². The SMILES string of the molecule is CNC(=O)c1ccccc1Sc1ccc2c(/C=C/c3ccccn3)nn(P(=O)(NC(C)C(=O)OC)Oc3cccc4ccccc34)c2c1. The van der Waals surface area contributed by atoms with Crippen LogP contribution in [0.1, 0.15) is 28.7 Å². The molecule has 0 aliphatic carbocycles. The molecule has 2 unspecified atom stereocenters. The molecule has 2 aromatic heterocycles. The number of rotatable bonds is 11. The zero-order valence-electron chi connectivity index (χ0n) is 26.4. The molecule has 0 radical (unpaired) electrons. The lowest BCUT2D eigenvalue weighted by atomic mass is 10.1. The Bertz CT molecular complexity index is 2200. The highest BCUT2D eigenvalue weighted by Gasteiger charge is 2.36. The maximum Gasteiger partial charge on any atom is 0.440 e. The fraction of sp³-hybridized carbons (Fsp3) is 0.111. The minimum Gasteiger partial charge on any atom is -0.468 e. The summed E-state index contributed by atoms with van der Waals surface area (Å²) >= 11 is 1.38. The summed E-state index contributed by atoms with van der Waals surface area (Å²) in [5.74, 6) is -0.481. The Labute approximate surface area is 281 Å². The molecule has 6 rings (SSSR count). The smallest absolute Gasteiger partial charge is 0.440 e. The molecule has 6 aromatic rings. The molecule has 12 heteroatoms. The molecule has 0 aliphatic rings. The Balaban J connectivity index is 1.53. The number of benzene rings is 4. The van der Waals surface area contributed by atoms with Crippen LogP contribution in [0.2, 0.25) is 0 Å². The summed E-state index contributed by atoms with van der Waals surface area (Å²) in [6.07, 6.45) is 5.30. The number of pyridine rings is 1. The van der Waals surface area contributed by atoms with E-state index >= 15 is 4.57 Å². The standard InChI is InChI=1S/C36H32N5O5PS/c1-24(36(43)45-3)40-47(44,46-33-16-10-12-25-11-4-5-14-28(25)33)41-32-23-27(48-34-17-7-6-15-30(34)35(42)37-2)19-20-29(32)31(39-41)21-18-26-13-8-9-22-38-26/h4-24H,1-3H3,(H,37,42)(H,40,44)/b21-18+. The minimum atomic E-state index is -4.24. The van der Waals surface area contributed by atoms with Gasteiger partial charge in [0.05, 0.1) is 29.6 Å². The zero-order valence-corrected chi connectivity index (χ0v) is 28.1. The monoisotopic (exact) mass is 677 g/mol. The molecule has 0 spiro atoms. The molecule has 0 fully saturated rings. The number of hydrogen-bond donors (Lipinski definition) is 2. The van der Waals surface area contributed by atoms with Gasteiger partial charge in [-0.25, -0.2) is 9.65 Å². The van der Waals surface area contributed by atoms with E-state index in [-0.39, 0.29) is 5.91 Å². The fourth-order valence-electron chi connectivity index (χ4n) is 5.14. The third-order valence-electron chi connectivity index (χ3n) is 7.48. The van der Waals surface area contributed by atoms with Crippen molar-refractivity contribution in [3.8, 4) is 5.75 Å². The number of carbonyl (C=O) groups is 2. The van der Waals surface area contributed by atoms with Gasteiger partial charge >= 0.3 is 13.6 Å². The summed E-state index contributed by atoms with van der Waals surface area (Å²) in [5.41, 5.74) is 2.22. The van der Waals surface area contributed by atoms with E-state index in [1.54, 1.807) is 38.4 Å². The average Bonchev–Trinajstić information content (AvgIpc) is 3.49. The van der Waals surface area contributed by atoms with E-state index < -0.39 is 19.7 Å². The van der Waals surface area contributed by atoms with Crippen LogP contribution in [0, 0.1) is 0 Å². The first-order valence-corrected chi connectivity index (χ1v) is 17.4. The molecule has 10 nitrogen and oxygen atoms in total. The van der Waals surface area contributed by atoms with E-state index in [1.807, 2.05) is 97.1 Å². The summed E-state index contributed by atoms with van der Waals surface area (Å²) in [6.45, 7) is 1.55. The van der Waals surface area contributed by atoms with Gasteiger partial charge in [-0.2, -0.15) is 9.55 Å². The second kappa shape index (κ2) is 14.3. The predicted octanol–water partition coefficient (Wildman–Crippen LogP) is 7.45. The van der Waals surface area contributed by atoms with E-state index in [1.165, 1.54) is 23.3 Å². The summed E-state index contributed by atoms with van der Waals surface area (Å²) in [6, 6.07) is 30.6. The molecule has 2 N–H and O–H groups in total. The van der Waals surface area contributed by atoms with Crippen molar-refractivity contribution < 1.29 is 23.4 Å². The summed E-state index contributed by atoms with van der Waals surface area (Å²) < 4.78 is 28.0. The number of esters is 1. The number of aromatic nitrogens is 3. The normalized spacial score (nSPS) is 13.3. The minimum absolute atomic E-state index is 0.208. The van der Waals surface area contributed by atoms with Crippen LogP contribution < -0.4 is 14.9 Å². The topological polar surface area (TPSA) is 124 Å². The average molecular weight is 678 g/mol. The molecule has 0 saturated heterocycles. The molecule has 4 aromatic carbocycles. The second-order valence-electron chi connectivity index (χ2n) is 10.7. The Morgan fingerprint density at radius 2 is 1.69 bits per heavy atom. The molecule has 0 aliphatic heterocycles. The van der Waals surface area contributed by atoms with Gasteiger partial charge in [0.2, 0.25) is 0 Å². The van der Waals surface area contributed by atoms with E-state index in [0.29, 0.717) is 33.6 Å². The predicted molar refractivity (Wildman–Crippen MR) is 189 cm³/mol. The molecule has 2 atom stereocenters. The van der Waals surface area contributed by atoms with Crippen LogP contribution in [0.25, 0.3) is 33.8 Å². The van der Waals surface area contributed by atoms with Gasteiger partial charge in [0.1, 0.15) is 11.8 Å². The zero-order chi connectivity index (χ0) is 33.7. The number of carbonyl (C=O) groups excluding carboxylic acids is 2. The van der Waals surface area contributed by atoms with E-state index in [2.05, 4.69) is 15.4 Å². The maximum atomic E-state index is 15.3. The lowest BCUT2D eigenvalue weighted by Crippen LogP contribution is -2.36. The van der Waals surface area contributed by atoms with Crippen molar-refractivity contribution >= 4 is 65.1 Å². The van der Waals surface area contributed by atoms with Gasteiger partial charge in [0, 0.05) is 33.8 Å². The maximum absolute atomic E-state index is 15.3. The number of methoxy groups -OCH3 is 1. The second-order valence-corrected chi connectivity index (χ2v) is 13.7. The van der Waals surface area contributed by atoms with Crippen LogP contribution >= 0.6 is 19.4 Å². The first kappa shape index (κ1) is 32.7. The van der Waals surface area contributed by atoms with Crippen LogP contribution in [0.3, 0.4) is 0 Å². The molecule has 2 heterocycles. The van der Waals surface area contributed by atoms with Gasteiger partial charge in [0.15, 0.2) is 0 Å². The summed E-state index contributed by atoms with van der Waals surface area (Å²) in [7, 11) is -1.39. The van der Waals surface area contributed by atoms with Crippen molar-refractivity contribution in [2.75, 3.05) is 14.2 Å². The van der Waals surface area contributed by atoms with Gasteiger partial charge in [-0.3, -0.25) is 14.6 Å². The quantitative estimate of drug-likeness (QED) is 0.106. The number of amides is 1. The molecule has 1 amide bonds. The number of fused-ring (bicyclic) bond motifs is 2. The van der Waals surface area contributed by atoms with Crippen molar-refractivity contribution in [2.24, 2.45) is 0 Å². The van der Waals surface area contributed by atoms with Crippen LogP contribution in [-0.4, -0.2) is 46.6 Å². The molecule has 0 bridgehead atoms. The van der Waals surface area contributed by atoms with Crippen LogP contribution in [0.4, 0.5) is 0 Å². The van der Waals surface area contributed by atoms with Crippen molar-refractivity contribution in [2.45, 2.75) is 22.8 Å². The van der Waals surface area contributed by atoms with Crippen molar-refractivity contribution in [3.63, 3.8) is 0 Å². The fourth-order valence-corrected chi connectivity index (χ4v) is 8.04. The van der Waals surface area contributed by atoms with Crippen LogP contribution in [-0.2, 0) is 14.1 Å². The van der Waals surface area contributed by atoms with Gasteiger partial charge in [0.25, 0.3) is 5.91 Å². The van der Waals surface area contributed by atoms with E-state index in [9.17, 15) is 9.59 Å². The Morgan fingerprint density at radius 1 is 0.917 bits per heavy atom. The lowest BCUT2D eigenvalue weighted by molar-refractivity contribution is -0.142. The van der Waals surface area contributed by atoms with Crippen LogP contribution in [0.5, 0.6) is 5.75 Å². The van der Waals surface area contributed by atoms with E-state index in [0.717, 1.165) is 20.6 Å². The van der Waals surface area contributed by atoms with Gasteiger partial charge < -0.3 is 14.6 Å². The molecular weight excluding hydrogens is 645 g/mol. The first-order chi connectivity index (χ1) is 23.3. The summed E-state index contributed by atoms with van der Waals surface area (Å²) in [5, 5.41) is 12.7. The van der Waals surface area contributed by atoms with Crippen molar-refractivity contribution in [1.29, 1.82) is 0 Å². The number of ether oxygens (including phenoxy) is 1. The first-order valence-electron chi connectivity index (χ1n) is 15.0. The Kier molecular flexibility index (Phi) is 9.72. The van der Waals surface area contributed by atoms with Gasteiger partial charge in [-0.15, -0.1) is 0 Å². The molecule has 48 heavy (non-hydrogen) atoms. The highest BCUT2D eigenvalue weighted by atomic mass is 32.2. The number of nitrogens with zero attached hydrogens (tertiary/aromatic N) is 3. The van der Waals surface area contributed by atoms with Crippen LogP contribution in [0.15, 0.2) is 119 Å². The van der Waals surface area contributed by atoms with Gasteiger partial charge in [-0.05, 0) is 73.0 Å². The number of nitrogens with one attached hydrogen (secondary N) is 2.